The van der Waals surface area contributed by atoms with Crippen LogP contribution in [0.25, 0.3) is 0 Å². The van der Waals surface area contributed by atoms with E-state index in [9.17, 15) is 0 Å². The van der Waals surface area contributed by atoms with E-state index in [2.05, 4.69) is 22.4 Å². The number of rotatable bonds is 6. The van der Waals surface area contributed by atoms with E-state index in [1.165, 1.54) is 11.1 Å². The van der Waals surface area contributed by atoms with Crippen LogP contribution in [-0.2, 0) is 17.8 Å². The highest BCUT2D eigenvalue weighted by Crippen LogP contribution is 2.19. The molecular formula is C15H24N2O2. The van der Waals surface area contributed by atoms with Gasteiger partial charge >= 0.3 is 0 Å². The molecule has 0 aliphatic carbocycles. The van der Waals surface area contributed by atoms with Crippen LogP contribution in [0.15, 0.2) is 22.1 Å². The van der Waals surface area contributed by atoms with Gasteiger partial charge in [-0.2, -0.15) is 0 Å². The van der Waals surface area contributed by atoms with Gasteiger partial charge < -0.3 is 14.5 Å². The number of methoxy groups -OCH3 is 1. The predicted octanol–water partition coefficient (Wildman–Crippen LogP) is 2.09. The molecule has 1 N–H and O–H groups in total. The molecule has 0 bridgehead atoms. The quantitative estimate of drug-likeness (QED) is 0.798. The lowest BCUT2D eigenvalue weighted by Crippen LogP contribution is -2.29. The molecule has 0 unspecified atom stereocenters. The lowest BCUT2D eigenvalue weighted by atomic mass is 10.1. The maximum atomic E-state index is 5.73. The Morgan fingerprint density at radius 3 is 2.95 bits per heavy atom. The molecule has 1 aliphatic rings. The van der Waals surface area contributed by atoms with Crippen LogP contribution in [0, 0.1) is 6.92 Å². The first kappa shape index (κ1) is 14.3. The van der Waals surface area contributed by atoms with Gasteiger partial charge in [-0.25, -0.2) is 0 Å². The monoisotopic (exact) mass is 264 g/mol. The molecule has 0 spiro atoms. The molecule has 0 saturated carbocycles. The molecule has 1 aliphatic heterocycles. The maximum absolute atomic E-state index is 5.73. The Morgan fingerprint density at radius 2 is 2.32 bits per heavy atom. The minimum Gasteiger partial charge on any atom is -0.465 e. The molecule has 1 aromatic heterocycles. The highest BCUT2D eigenvalue weighted by atomic mass is 16.5. The average Bonchev–Trinajstić information content (AvgIpc) is 2.73. The third-order valence-electron chi connectivity index (χ3n) is 3.53. The number of nitrogens with zero attached hydrogens (tertiary/aromatic N) is 1. The third-order valence-corrected chi connectivity index (χ3v) is 3.53. The number of hydrogen-bond donors (Lipinski definition) is 1. The smallest absolute Gasteiger partial charge is 0.118 e. The molecule has 106 valence electrons. The second kappa shape index (κ2) is 6.89. The van der Waals surface area contributed by atoms with Crippen molar-refractivity contribution in [3.05, 3.63) is 34.8 Å². The minimum atomic E-state index is 0.769. The van der Waals surface area contributed by atoms with Gasteiger partial charge in [-0.05, 0) is 32.0 Å². The Kier molecular flexibility index (Phi) is 5.19. The van der Waals surface area contributed by atoms with E-state index < -0.39 is 0 Å². The van der Waals surface area contributed by atoms with Crippen molar-refractivity contribution in [3.63, 3.8) is 0 Å². The molecule has 0 amide bonds. The van der Waals surface area contributed by atoms with Gasteiger partial charge in [0.15, 0.2) is 0 Å². The normalized spacial score (nSPS) is 16.7. The SMILES string of the molecule is CNCc1cc(CN2CC=C(COC)CC2)c(C)o1. The van der Waals surface area contributed by atoms with Gasteiger partial charge in [-0.1, -0.05) is 6.08 Å². The van der Waals surface area contributed by atoms with E-state index in [1.54, 1.807) is 7.11 Å². The molecule has 4 heteroatoms. The Labute approximate surface area is 115 Å². The van der Waals surface area contributed by atoms with Crippen LogP contribution >= 0.6 is 0 Å². The predicted molar refractivity (Wildman–Crippen MR) is 76.1 cm³/mol. The highest BCUT2D eigenvalue weighted by molar-refractivity contribution is 5.21. The van der Waals surface area contributed by atoms with Gasteiger partial charge in [0.25, 0.3) is 0 Å². The van der Waals surface area contributed by atoms with E-state index in [1.807, 2.05) is 14.0 Å². The summed E-state index contributed by atoms with van der Waals surface area (Å²) in [6.07, 6.45) is 3.39. The first-order valence-corrected chi connectivity index (χ1v) is 6.85. The maximum Gasteiger partial charge on any atom is 0.118 e. The molecule has 0 radical (unpaired) electrons. The van der Waals surface area contributed by atoms with Crippen molar-refractivity contribution >= 4 is 0 Å². The standard InChI is InChI=1S/C15H24N2O2/c1-12-14(8-15(19-12)9-16-2)10-17-6-4-13(5-7-17)11-18-3/h4,8,16H,5-7,9-11H2,1-3H3. The Bertz CT molecular complexity index is 437. The molecule has 19 heavy (non-hydrogen) atoms. The van der Waals surface area contributed by atoms with Crippen molar-refractivity contribution < 1.29 is 9.15 Å². The van der Waals surface area contributed by atoms with Crippen LogP contribution in [-0.4, -0.2) is 38.8 Å². The Morgan fingerprint density at radius 1 is 1.47 bits per heavy atom. The fourth-order valence-electron chi connectivity index (χ4n) is 2.46. The molecule has 4 nitrogen and oxygen atoms in total. The molecule has 0 saturated heterocycles. The molecule has 0 fully saturated rings. The highest BCUT2D eigenvalue weighted by Gasteiger charge is 2.15. The Balaban J connectivity index is 1.91. The summed E-state index contributed by atoms with van der Waals surface area (Å²) in [5.41, 5.74) is 2.72. The fourth-order valence-corrected chi connectivity index (χ4v) is 2.46. The zero-order chi connectivity index (χ0) is 13.7. The zero-order valence-corrected chi connectivity index (χ0v) is 12.2. The first-order chi connectivity index (χ1) is 9.22. The largest absolute Gasteiger partial charge is 0.465 e. The molecular weight excluding hydrogens is 240 g/mol. The van der Waals surface area contributed by atoms with E-state index in [0.717, 1.165) is 50.7 Å². The average molecular weight is 264 g/mol. The number of nitrogens with one attached hydrogen (secondary N) is 1. The van der Waals surface area contributed by atoms with Crippen molar-refractivity contribution in [1.29, 1.82) is 0 Å². The van der Waals surface area contributed by atoms with Crippen molar-refractivity contribution in [1.82, 2.24) is 10.2 Å². The summed E-state index contributed by atoms with van der Waals surface area (Å²) >= 11 is 0. The van der Waals surface area contributed by atoms with Crippen LogP contribution in [0.3, 0.4) is 0 Å². The van der Waals surface area contributed by atoms with Gasteiger partial charge in [0.05, 0.1) is 13.2 Å². The van der Waals surface area contributed by atoms with Crippen LogP contribution in [0.1, 0.15) is 23.5 Å². The van der Waals surface area contributed by atoms with E-state index in [-0.39, 0.29) is 0 Å². The van der Waals surface area contributed by atoms with E-state index >= 15 is 0 Å². The van der Waals surface area contributed by atoms with Crippen LogP contribution in [0.5, 0.6) is 0 Å². The number of hydrogen-bond acceptors (Lipinski definition) is 4. The zero-order valence-electron chi connectivity index (χ0n) is 12.2. The fraction of sp³-hybridized carbons (Fsp3) is 0.600. The van der Waals surface area contributed by atoms with Crippen molar-refractivity contribution in [2.45, 2.75) is 26.4 Å². The summed E-state index contributed by atoms with van der Waals surface area (Å²) in [6.45, 7) is 6.68. The molecule has 2 heterocycles. The van der Waals surface area contributed by atoms with Crippen molar-refractivity contribution in [2.24, 2.45) is 0 Å². The summed E-state index contributed by atoms with van der Waals surface area (Å²) in [5, 5.41) is 3.12. The van der Waals surface area contributed by atoms with Gasteiger partial charge in [-0.3, -0.25) is 4.90 Å². The van der Waals surface area contributed by atoms with Crippen LogP contribution in [0.2, 0.25) is 0 Å². The minimum absolute atomic E-state index is 0.769. The number of aryl methyl sites for hydroxylation is 1. The summed E-state index contributed by atoms with van der Waals surface area (Å²) in [6, 6.07) is 2.17. The summed E-state index contributed by atoms with van der Waals surface area (Å²) in [7, 11) is 3.69. The van der Waals surface area contributed by atoms with E-state index in [0.29, 0.717) is 0 Å². The number of ether oxygens (including phenoxy) is 1. The lowest BCUT2D eigenvalue weighted by Gasteiger charge is -2.25. The molecule has 1 aromatic rings. The second-order valence-corrected chi connectivity index (χ2v) is 5.10. The molecule has 2 rings (SSSR count). The topological polar surface area (TPSA) is 37.6 Å². The van der Waals surface area contributed by atoms with Gasteiger partial charge in [0, 0.05) is 32.3 Å². The van der Waals surface area contributed by atoms with E-state index in [4.69, 9.17) is 9.15 Å². The van der Waals surface area contributed by atoms with Crippen LogP contribution in [0.4, 0.5) is 0 Å². The molecule has 0 aromatic carbocycles. The van der Waals surface area contributed by atoms with Crippen molar-refractivity contribution in [3.8, 4) is 0 Å². The van der Waals surface area contributed by atoms with Gasteiger partial charge in [-0.15, -0.1) is 0 Å². The summed E-state index contributed by atoms with van der Waals surface area (Å²) in [4.78, 5) is 2.44. The number of furan rings is 1. The lowest BCUT2D eigenvalue weighted by molar-refractivity contribution is 0.210. The van der Waals surface area contributed by atoms with Gasteiger partial charge in [0.1, 0.15) is 11.5 Å². The summed E-state index contributed by atoms with van der Waals surface area (Å²) in [5.74, 6) is 2.06. The van der Waals surface area contributed by atoms with Crippen LogP contribution < -0.4 is 5.32 Å². The first-order valence-electron chi connectivity index (χ1n) is 6.85. The Hall–Kier alpha value is -1.10. The van der Waals surface area contributed by atoms with Gasteiger partial charge in [0.2, 0.25) is 0 Å². The third kappa shape index (κ3) is 3.93. The molecule has 0 atom stereocenters. The second-order valence-electron chi connectivity index (χ2n) is 5.10. The van der Waals surface area contributed by atoms with Crippen molar-refractivity contribution in [2.75, 3.05) is 33.9 Å². The summed E-state index contributed by atoms with van der Waals surface area (Å²) < 4.78 is 10.9.